The predicted octanol–water partition coefficient (Wildman–Crippen LogP) is 3.87. The van der Waals surface area contributed by atoms with Gasteiger partial charge in [-0.3, -0.25) is 4.98 Å². The molecule has 2 N–H and O–H groups in total. The van der Waals surface area contributed by atoms with Gasteiger partial charge in [-0.1, -0.05) is 23.7 Å². The van der Waals surface area contributed by atoms with Crippen LogP contribution in [0.1, 0.15) is 30.6 Å². The maximum absolute atomic E-state index is 13.8. The molecule has 0 saturated carbocycles. The summed E-state index contributed by atoms with van der Waals surface area (Å²) >= 11 is 6.13. The van der Waals surface area contributed by atoms with E-state index in [1.54, 1.807) is 18.3 Å². The van der Waals surface area contributed by atoms with E-state index in [4.69, 9.17) is 11.6 Å². The number of β-amino-alcohol motifs (C(OH)–C–C–N with tert-alkyl or cyclic N) is 1. The van der Waals surface area contributed by atoms with E-state index in [2.05, 4.69) is 25.4 Å². The lowest BCUT2D eigenvalue weighted by atomic mass is 10.1. The number of rotatable bonds is 4. The molecule has 1 aromatic carbocycles. The van der Waals surface area contributed by atoms with Gasteiger partial charge in [-0.15, -0.1) is 5.10 Å². The third-order valence-corrected chi connectivity index (χ3v) is 5.50. The number of nitrogens with zero attached hydrogens (tertiary/aromatic N) is 4. The Morgan fingerprint density at radius 3 is 2.93 bits per heavy atom. The number of anilines is 2. The first-order chi connectivity index (χ1) is 13.4. The van der Waals surface area contributed by atoms with Crippen LogP contribution in [0.15, 0.2) is 30.5 Å². The molecule has 8 heteroatoms. The molecule has 3 heterocycles. The highest BCUT2D eigenvalue weighted by atomic mass is 35.5. The number of nitrogens with one attached hydrogen (secondary N) is 1. The summed E-state index contributed by atoms with van der Waals surface area (Å²) in [6, 6.07) is 6.47. The standard InChI is InChI=1S/C20H21ClFN5O/c1-11(15-4-3-5-17(22)18(15)21)24-20-16-8-13(27-7-6-14(28)10-27)9-23-19(16)12(2)25-26-20/h3-5,8-9,11,14,28H,6-7,10H2,1-2H3,(H,24,26)/t11-,14+/m1/s1. The molecule has 0 amide bonds. The fourth-order valence-electron chi connectivity index (χ4n) is 3.54. The minimum Gasteiger partial charge on any atom is -0.391 e. The van der Waals surface area contributed by atoms with E-state index in [1.807, 2.05) is 19.9 Å². The van der Waals surface area contributed by atoms with E-state index in [-0.39, 0.29) is 17.2 Å². The fourth-order valence-corrected chi connectivity index (χ4v) is 3.83. The molecule has 1 saturated heterocycles. The largest absolute Gasteiger partial charge is 0.391 e. The smallest absolute Gasteiger partial charge is 0.158 e. The number of pyridine rings is 1. The Bertz CT molecular complexity index is 1030. The van der Waals surface area contributed by atoms with Gasteiger partial charge >= 0.3 is 0 Å². The zero-order valence-corrected chi connectivity index (χ0v) is 16.4. The number of aromatic nitrogens is 3. The van der Waals surface area contributed by atoms with E-state index >= 15 is 0 Å². The Morgan fingerprint density at radius 1 is 1.36 bits per heavy atom. The predicted molar refractivity (Wildman–Crippen MR) is 108 cm³/mol. The monoisotopic (exact) mass is 401 g/mol. The maximum atomic E-state index is 13.8. The van der Waals surface area contributed by atoms with Crippen LogP contribution in [-0.4, -0.2) is 39.5 Å². The average Bonchev–Trinajstić information content (AvgIpc) is 3.12. The van der Waals surface area contributed by atoms with Crippen LogP contribution in [0.3, 0.4) is 0 Å². The van der Waals surface area contributed by atoms with Crippen molar-refractivity contribution in [3.05, 3.63) is 52.6 Å². The molecule has 2 aromatic heterocycles. The van der Waals surface area contributed by atoms with E-state index in [0.29, 0.717) is 17.9 Å². The van der Waals surface area contributed by atoms with Crippen molar-refractivity contribution in [3.63, 3.8) is 0 Å². The molecule has 2 atom stereocenters. The normalized spacial score (nSPS) is 17.9. The zero-order valence-electron chi connectivity index (χ0n) is 15.7. The van der Waals surface area contributed by atoms with E-state index in [0.717, 1.165) is 35.2 Å². The summed E-state index contributed by atoms with van der Waals surface area (Å²) in [4.78, 5) is 6.67. The second-order valence-corrected chi connectivity index (χ2v) is 7.50. The van der Waals surface area contributed by atoms with Crippen LogP contribution in [0.4, 0.5) is 15.9 Å². The minimum atomic E-state index is -0.454. The number of aliphatic hydroxyl groups excluding tert-OH is 1. The Morgan fingerprint density at radius 2 is 2.18 bits per heavy atom. The lowest BCUT2D eigenvalue weighted by molar-refractivity contribution is 0.198. The first kappa shape index (κ1) is 18.8. The molecule has 1 aliphatic heterocycles. The van der Waals surface area contributed by atoms with Gasteiger partial charge in [0.1, 0.15) is 5.82 Å². The Labute approximate surface area is 167 Å². The van der Waals surface area contributed by atoms with Crippen LogP contribution in [0.2, 0.25) is 5.02 Å². The molecule has 146 valence electrons. The molecule has 0 unspecified atom stereocenters. The van der Waals surface area contributed by atoms with Crippen LogP contribution < -0.4 is 10.2 Å². The van der Waals surface area contributed by atoms with Crippen LogP contribution >= 0.6 is 11.6 Å². The van der Waals surface area contributed by atoms with E-state index in [1.165, 1.54) is 6.07 Å². The topological polar surface area (TPSA) is 74.2 Å². The van der Waals surface area contributed by atoms with Gasteiger partial charge in [0, 0.05) is 18.5 Å². The van der Waals surface area contributed by atoms with Crippen molar-refractivity contribution in [3.8, 4) is 0 Å². The Kier molecular flexibility index (Phi) is 5.03. The third kappa shape index (κ3) is 3.47. The van der Waals surface area contributed by atoms with Gasteiger partial charge in [0.15, 0.2) is 5.82 Å². The summed E-state index contributed by atoms with van der Waals surface area (Å²) in [6.45, 7) is 5.12. The van der Waals surface area contributed by atoms with Crippen molar-refractivity contribution in [2.24, 2.45) is 0 Å². The highest BCUT2D eigenvalue weighted by molar-refractivity contribution is 6.31. The summed E-state index contributed by atoms with van der Waals surface area (Å²) in [5.41, 5.74) is 3.04. The summed E-state index contributed by atoms with van der Waals surface area (Å²) in [6.07, 6.45) is 2.22. The number of hydrogen-bond donors (Lipinski definition) is 2. The molecular formula is C20H21ClFN5O. The third-order valence-electron chi connectivity index (χ3n) is 5.10. The van der Waals surface area contributed by atoms with Crippen molar-refractivity contribution >= 4 is 34.0 Å². The van der Waals surface area contributed by atoms with Crippen LogP contribution in [0, 0.1) is 12.7 Å². The molecule has 0 spiro atoms. The van der Waals surface area contributed by atoms with Crippen LogP contribution in [-0.2, 0) is 0 Å². The van der Waals surface area contributed by atoms with Gasteiger partial charge < -0.3 is 15.3 Å². The average molecular weight is 402 g/mol. The number of halogens is 2. The number of aliphatic hydroxyl groups is 1. The Balaban J connectivity index is 1.71. The van der Waals surface area contributed by atoms with Gasteiger partial charge in [0.2, 0.25) is 0 Å². The first-order valence-corrected chi connectivity index (χ1v) is 9.58. The fraction of sp³-hybridized carbons (Fsp3) is 0.350. The highest BCUT2D eigenvalue weighted by Crippen LogP contribution is 2.32. The molecule has 28 heavy (non-hydrogen) atoms. The van der Waals surface area contributed by atoms with Crippen molar-refractivity contribution in [2.45, 2.75) is 32.4 Å². The van der Waals surface area contributed by atoms with Crippen molar-refractivity contribution < 1.29 is 9.50 Å². The van der Waals surface area contributed by atoms with Gasteiger partial charge in [-0.25, -0.2) is 4.39 Å². The molecule has 0 bridgehead atoms. The lowest BCUT2D eigenvalue weighted by Crippen LogP contribution is -2.21. The molecule has 6 nitrogen and oxygen atoms in total. The summed E-state index contributed by atoms with van der Waals surface area (Å²) in [5, 5.41) is 22.5. The summed E-state index contributed by atoms with van der Waals surface area (Å²) in [7, 11) is 0. The molecule has 1 aliphatic rings. The van der Waals surface area contributed by atoms with Crippen molar-refractivity contribution in [1.29, 1.82) is 0 Å². The second-order valence-electron chi connectivity index (χ2n) is 7.12. The lowest BCUT2D eigenvalue weighted by Gasteiger charge is -2.20. The molecule has 4 rings (SSSR count). The SMILES string of the molecule is Cc1nnc(N[C@H](C)c2cccc(F)c2Cl)c2cc(N3CC[C@H](O)C3)cnc12. The zero-order chi connectivity index (χ0) is 19.8. The summed E-state index contributed by atoms with van der Waals surface area (Å²) in [5.74, 6) is 0.103. The Hall–Kier alpha value is -2.51. The molecule has 0 aliphatic carbocycles. The van der Waals surface area contributed by atoms with Crippen molar-refractivity contribution in [1.82, 2.24) is 15.2 Å². The quantitative estimate of drug-likeness (QED) is 0.691. The summed E-state index contributed by atoms with van der Waals surface area (Å²) < 4.78 is 13.8. The molecule has 3 aromatic rings. The first-order valence-electron chi connectivity index (χ1n) is 9.20. The molecule has 1 fully saturated rings. The molecular weight excluding hydrogens is 381 g/mol. The second kappa shape index (κ2) is 7.48. The molecule has 0 radical (unpaired) electrons. The van der Waals surface area contributed by atoms with Crippen molar-refractivity contribution in [2.75, 3.05) is 23.3 Å². The van der Waals surface area contributed by atoms with E-state index < -0.39 is 5.82 Å². The van der Waals surface area contributed by atoms with E-state index in [9.17, 15) is 9.50 Å². The number of benzene rings is 1. The number of hydrogen-bond acceptors (Lipinski definition) is 6. The maximum Gasteiger partial charge on any atom is 0.158 e. The van der Waals surface area contributed by atoms with Crippen LogP contribution in [0.25, 0.3) is 10.9 Å². The highest BCUT2D eigenvalue weighted by Gasteiger charge is 2.22. The van der Waals surface area contributed by atoms with Gasteiger partial charge in [-0.05, 0) is 38.0 Å². The van der Waals surface area contributed by atoms with Gasteiger partial charge in [0.05, 0.1) is 40.3 Å². The van der Waals surface area contributed by atoms with Gasteiger partial charge in [0.25, 0.3) is 0 Å². The van der Waals surface area contributed by atoms with Crippen LogP contribution in [0.5, 0.6) is 0 Å². The minimum absolute atomic E-state index is 0.0942. The number of fused-ring (bicyclic) bond motifs is 1. The van der Waals surface area contributed by atoms with Gasteiger partial charge in [-0.2, -0.15) is 5.10 Å². The number of aryl methyl sites for hydroxylation is 1.